The lowest BCUT2D eigenvalue weighted by Gasteiger charge is -2.34. The van der Waals surface area contributed by atoms with Crippen LogP contribution < -0.4 is 5.32 Å². The molecule has 1 N–H and O–H groups in total. The molecule has 2 heterocycles. The summed E-state index contributed by atoms with van der Waals surface area (Å²) in [5, 5.41) is 3.46. The molecule has 0 spiro atoms. The molecule has 102 valence electrons. The van der Waals surface area contributed by atoms with Crippen molar-refractivity contribution >= 4 is 10.0 Å². The Kier molecular flexibility index (Phi) is 3.48. The molecular formula is C11H20N4O2S. The molecular weight excluding hydrogens is 252 g/mol. The molecule has 0 aliphatic carbocycles. The highest BCUT2D eigenvalue weighted by molar-refractivity contribution is 7.89. The molecule has 18 heavy (non-hydrogen) atoms. The zero-order valence-electron chi connectivity index (χ0n) is 11.2. The highest BCUT2D eigenvalue weighted by atomic mass is 32.2. The van der Waals surface area contributed by atoms with Gasteiger partial charge >= 0.3 is 0 Å². The van der Waals surface area contributed by atoms with Gasteiger partial charge in [0.2, 0.25) is 0 Å². The molecule has 0 radical (unpaired) electrons. The molecule has 0 unspecified atom stereocenters. The van der Waals surface area contributed by atoms with Crippen molar-refractivity contribution in [3.8, 4) is 0 Å². The Morgan fingerprint density at radius 3 is 2.33 bits per heavy atom. The van der Waals surface area contributed by atoms with Crippen molar-refractivity contribution in [1.29, 1.82) is 0 Å². The zero-order chi connectivity index (χ0) is 13.5. The summed E-state index contributed by atoms with van der Waals surface area (Å²) >= 11 is 0. The SMILES string of the molecule is Cc1nc(S(=O)(=O)N2C[C@@H](C)N[C@@H](C)C2)cn1C. The largest absolute Gasteiger partial charge is 0.337 e. The Balaban J connectivity index is 2.30. The number of aryl methyl sites for hydroxylation is 2. The second-order valence-electron chi connectivity index (χ2n) is 5.03. The first-order chi connectivity index (χ1) is 8.30. The van der Waals surface area contributed by atoms with Gasteiger partial charge < -0.3 is 9.88 Å². The highest BCUT2D eigenvalue weighted by Crippen LogP contribution is 2.17. The number of rotatable bonds is 2. The maximum absolute atomic E-state index is 12.5. The van der Waals surface area contributed by atoms with Crippen LogP contribution in [0, 0.1) is 6.92 Å². The van der Waals surface area contributed by atoms with Gasteiger partial charge in [-0.15, -0.1) is 0 Å². The molecule has 1 aromatic heterocycles. The van der Waals surface area contributed by atoms with Crippen molar-refractivity contribution in [3.63, 3.8) is 0 Å². The minimum atomic E-state index is -3.47. The number of nitrogens with zero attached hydrogens (tertiary/aromatic N) is 3. The van der Waals surface area contributed by atoms with Crippen molar-refractivity contribution in [2.75, 3.05) is 13.1 Å². The molecule has 2 atom stereocenters. The van der Waals surface area contributed by atoms with Crippen molar-refractivity contribution in [1.82, 2.24) is 19.2 Å². The lowest BCUT2D eigenvalue weighted by Crippen LogP contribution is -2.55. The average Bonchev–Trinajstić information content (AvgIpc) is 2.58. The quantitative estimate of drug-likeness (QED) is 0.829. The number of imidazole rings is 1. The van der Waals surface area contributed by atoms with Gasteiger partial charge in [0.1, 0.15) is 5.82 Å². The highest BCUT2D eigenvalue weighted by Gasteiger charge is 2.32. The van der Waals surface area contributed by atoms with E-state index in [0.717, 1.165) is 0 Å². The molecule has 1 saturated heterocycles. The van der Waals surface area contributed by atoms with Crippen LogP contribution in [-0.4, -0.2) is 47.4 Å². The van der Waals surface area contributed by atoms with E-state index in [1.807, 2.05) is 13.8 Å². The first kappa shape index (κ1) is 13.5. The summed E-state index contributed by atoms with van der Waals surface area (Å²) in [5.41, 5.74) is 0. The fourth-order valence-corrected chi connectivity index (χ4v) is 3.90. The summed E-state index contributed by atoms with van der Waals surface area (Å²) in [6.07, 6.45) is 1.57. The lowest BCUT2D eigenvalue weighted by atomic mass is 10.2. The molecule has 1 aromatic rings. The minimum absolute atomic E-state index is 0.142. The van der Waals surface area contributed by atoms with Crippen LogP contribution in [0.15, 0.2) is 11.2 Å². The summed E-state index contributed by atoms with van der Waals surface area (Å²) in [6, 6.07) is 0.321. The smallest absolute Gasteiger partial charge is 0.262 e. The van der Waals surface area contributed by atoms with Crippen molar-refractivity contribution < 1.29 is 8.42 Å². The van der Waals surface area contributed by atoms with Crippen LogP contribution >= 0.6 is 0 Å². The maximum atomic E-state index is 12.5. The molecule has 0 amide bonds. The van der Waals surface area contributed by atoms with Gasteiger partial charge in [-0.05, 0) is 20.8 Å². The molecule has 1 fully saturated rings. The first-order valence-electron chi connectivity index (χ1n) is 6.07. The topological polar surface area (TPSA) is 67.2 Å². The van der Waals surface area contributed by atoms with E-state index in [4.69, 9.17) is 0 Å². The van der Waals surface area contributed by atoms with Gasteiger partial charge in [0, 0.05) is 38.4 Å². The molecule has 0 saturated carbocycles. The molecule has 1 aliphatic rings. The second kappa shape index (κ2) is 4.64. The van der Waals surface area contributed by atoms with Crippen LogP contribution in [0.2, 0.25) is 0 Å². The van der Waals surface area contributed by atoms with E-state index < -0.39 is 10.0 Å². The standard InChI is InChI=1S/C11H20N4O2S/c1-8-5-15(6-9(2)12-8)18(16,17)11-7-14(4)10(3)13-11/h7-9,12H,5-6H2,1-4H3/t8-,9+. The molecule has 7 heteroatoms. The normalized spacial score (nSPS) is 26.4. The van der Waals surface area contributed by atoms with Crippen LogP contribution in [0.3, 0.4) is 0 Å². The Hall–Kier alpha value is -0.920. The first-order valence-corrected chi connectivity index (χ1v) is 7.51. The van der Waals surface area contributed by atoms with Crippen molar-refractivity contribution in [3.05, 3.63) is 12.0 Å². The predicted molar refractivity (Wildman–Crippen MR) is 68.8 cm³/mol. The van der Waals surface area contributed by atoms with E-state index in [9.17, 15) is 8.42 Å². The minimum Gasteiger partial charge on any atom is -0.337 e. The van der Waals surface area contributed by atoms with Gasteiger partial charge in [0.15, 0.2) is 5.03 Å². The zero-order valence-corrected chi connectivity index (χ0v) is 12.0. The number of hydrogen-bond acceptors (Lipinski definition) is 4. The van der Waals surface area contributed by atoms with Gasteiger partial charge in [0.25, 0.3) is 10.0 Å². The van der Waals surface area contributed by atoms with Gasteiger partial charge in [-0.3, -0.25) is 0 Å². The summed E-state index contributed by atoms with van der Waals surface area (Å²) in [7, 11) is -1.67. The van der Waals surface area contributed by atoms with Crippen molar-refractivity contribution in [2.24, 2.45) is 7.05 Å². The number of hydrogen-bond donors (Lipinski definition) is 1. The molecule has 6 nitrogen and oxygen atoms in total. The van der Waals surface area contributed by atoms with E-state index >= 15 is 0 Å². The third kappa shape index (κ3) is 2.43. The summed E-state index contributed by atoms with van der Waals surface area (Å²) < 4.78 is 28.2. The summed E-state index contributed by atoms with van der Waals surface area (Å²) in [6.45, 7) is 6.75. The summed E-state index contributed by atoms with van der Waals surface area (Å²) in [5.74, 6) is 0.699. The molecule has 1 aliphatic heterocycles. The Morgan fingerprint density at radius 1 is 1.33 bits per heavy atom. The third-order valence-corrected chi connectivity index (χ3v) is 4.92. The van der Waals surface area contributed by atoms with Crippen molar-refractivity contribution in [2.45, 2.75) is 37.9 Å². The van der Waals surface area contributed by atoms with E-state index in [-0.39, 0.29) is 17.1 Å². The van der Waals surface area contributed by atoms with Crippen LogP contribution in [0.25, 0.3) is 0 Å². The molecule has 2 rings (SSSR count). The fourth-order valence-electron chi connectivity index (χ4n) is 2.26. The average molecular weight is 272 g/mol. The third-order valence-electron chi connectivity index (χ3n) is 3.21. The maximum Gasteiger partial charge on any atom is 0.262 e. The van der Waals surface area contributed by atoms with Gasteiger partial charge in [0.05, 0.1) is 0 Å². The Morgan fingerprint density at radius 2 is 1.89 bits per heavy atom. The van der Waals surface area contributed by atoms with Gasteiger partial charge in [-0.2, -0.15) is 4.31 Å². The van der Waals surface area contributed by atoms with Crippen LogP contribution in [0.4, 0.5) is 0 Å². The number of aromatic nitrogens is 2. The number of piperazine rings is 1. The lowest BCUT2D eigenvalue weighted by molar-refractivity contribution is 0.262. The van der Waals surface area contributed by atoms with Crippen LogP contribution in [-0.2, 0) is 17.1 Å². The monoisotopic (exact) mass is 272 g/mol. The number of nitrogens with one attached hydrogen (secondary N) is 1. The van der Waals surface area contributed by atoms with Gasteiger partial charge in [-0.1, -0.05) is 0 Å². The van der Waals surface area contributed by atoms with E-state index in [0.29, 0.717) is 18.9 Å². The fraction of sp³-hybridized carbons (Fsp3) is 0.727. The van der Waals surface area contributed by atoms with Gasteiger partial charge in [-0.25, -0.2) is 13.4 Å². The van der Waals surface area contributed by atoms with Crippen LogP contribution in [0.5, 0.6) is 0 Å². The molecule has 0 bridgehead atoms. The summed E-state index contributed by atoms with van der Waals surface area (Å²) in [4.78, 5) is 4.12. The molecule has 0 aromatic carbocycles. The predicted octanol–water partition coefficient (Wildman–Crippen LogP) is 0.0994. The Labute approximate surface area is 108 Å². The van der Waals surface area contributed by atoms with E-state index in [2.05, 4.69) is 10.3 Å². The second-order valence-corrected chi connectivity index (χ2v) is 6.91. The van der Waals surface area contributed by atoms with E-state index in [1.165, 1.54) is 4.31 Å². The van der Waals surface area contributed by atoms with E-state index in [1.54, 1.807) is 24.7 Å². The van der Waals surface area contributed by atoms with Crippen LogP contribution in [0.1, 0.15) is 19.7 Å². The number of sulfonamides is 1. The Bertz CT molecular complexity index is 508.